The molecule has 0 fully saturated rings. The Morgan fingerprint density at radius 2 is 2.05 bits per heavy atom. The molecule has 21 heavy (non-hydrogen) atoms. The van der Waals surface area contributed by atoms with Crippen LogP contribution in [0.3, 0.4) is 0 Å². The average molecular weight is 284 g/mol. The van der Waals surface area contributed by atoms with Crippen molar-refractivity contribution in [1.82, 2.24) is 5.32 Å². The van der Waals surface area contributed by atoms with E-state index in [1.807, 2.05) is 26.1 Å². The van der Waals surface area contributed by atoms with Crippen LogP contribution in [0.4, 0.5) is 4.39 Å². The third kappa shape index (κ3) is 3.59. The van der Waals surface area contributed by atoms with Gasteiger partial charge in [0.2, 0.25) is 0 Å². The van der Waals surface area contributed by atoms with Crippen LogP contribution in [-0.4, -0.2) is 7.05 Å². The molecule has 1 unspecified atom stereocenters. The van der Waals surface area contributed by atoms with Crippen LogP contribution in [0.1, 0.15) is 29.7 Å². The maximum atomic E-state index is 14.0. The fourth-order valence-corrected chi connectivity index (χ4v) is 1.98. The van der Waals surface area contributed by atoms with Gasteiger partial charge >= 0.3 is 0 Å². The molecule has 108 valence electrons. The molecule has 0 saturated carbocycles. The van der Waals surface area contributed by atoms with Gasteiger partial charge in [-0.1, -0.05) is 24.3 Å². The third-order valence-electron chi connectivity index (χ3n) is 3.41. The summed E-state index contributed by atoms with van der Waals surface area (Å²) in [5, 5.41) is 12.1. The van der Waals surface area contributed by atoms with E-state index >= 15 is 0 Å². The van der Waals surface area contributed by atoms with Gasteiger partial charge in [0.05, 0.1) is 11.6 Å². The van der Waals surface area contributed by atoms with Crippen molar-refractivity contribution in [2.75, 3.05) is 7.05 Å². The van der Waals surface area contributed by atoms with Gasteiger partial charge < -0.3 is 10.1 Å². The zero-order valence-corrected chi connectivity index (χ0v) is 12.1. The summed E-state index contributed by atoms with van der Waals surface area (Å²) in [6.07, 6.45) is 0. The van der Waals surface area contributed by atoms with Crippen molar-refractivity contribution in [3.8, 4) is 11.8 Å². The molecule has 0 aliphatic rings. The smallest absolute Gasteiger partial charge is 0.165 e. The molecule has 0 heterocycles. The van der Waals surface area contributed by atoms with E-state index in [0.29, 0.717) is 5.56 Å². The second-order valence-corrected chi connectivity index (χ2v) is 4.76. The van der Waals surface area contributed by atoms with E-state index in [1.54, 1.807) is 24.3 Å². The number of hydrogen-bond acceptors (Lipinski definition) is 3. The van der Waals surface area contributed by atoms with Crippen molar-refractivity contribution in [2.45, 2.75) is 19.6 Å². The molecule has 0 aliphatic carbocycles. The number of hydrogen-bond donors (Lipinski definition) is 1. The van der Waals surface area contributed by atoms with Crippen LogP contribution >= 0.6 is 0 Å². The van der Waals surface area contributed by atoms with Crippen LogP contribution in [-0.2, 0) is 6.61 Å². The summed E-state index contributed by atoms with van der Waals surface area (Å²) in [5.41, 5.74) is 2.14. The van der Waals surface area contributed by atoms with Gasteiger partial charge in [-0.15, -0.1) is 0 Å². The Morgan fingerprint density at radius 1 is 1.29 bits per heavy atom. The molecule has 2 aromatic carbocycles. The predicted molar refractivity (Wildman–Crippen MR) is 79.4 cm³/mol. The van der Waals surface area contributed by atoms with E-state index in [1.165, 1.54) is 6.07 Å². The molecule has 0 aliphatic heterocycles. The Bertz CT molecular complexity index is 664. The molecular weight excluding hydrogens is 267 g/mol. The first-order valence-corrected chi connectivity index (χ1v) is 6.73. The maximum absolute atomic E-state index is 14.0. The zero-order chi connectivity index (χ0) is 15.2. The van der Waals surface area contributed by atoms with Gasteiger partial charge in [0.1, 0.15) is 6.61 Å². The normalized spacial score (nSPS) is 11.7. The lowest BCUT2D eigenvalue weighted by Crippen LogP contribution is -2.12. The molecular formula is C17H17FN2O. The Hall–Kier alpha value is -2.38. The molecule has 1 N–H and O–H groups in total. The topological polar surface area (TPSA) is 45.0 Å². The second kappa shape index (κ2) is 6.87. The fourth-order valence-electron chi connectivity index (χ4n) is 1.98. The van der Waals surface area contributed by atoms with Crippen LogP contribution in [0.2, 0.25) is 0 Å². The highest BCUT2D eigenvalue weighted by Gasteiger charge is 2.09. The minimum atomic E-state index is -0.399. The standard InChI is InChI=1S/C17H17FN2O/c1-12(20-2)13-7-8-17(16(18)9-13)21-11-15-6-4-3-5-14(15)10-19/h3-9,12,20H,11H2,1-2H3. The van der Waals surface area contributed by atoms with E-state index in [9.17, 15) is 4.39 Å². The zero-order valence-electron chi connectivity index (χ0n) is 12.1. The highest BCUT2D eigenvalue weighted by molar-refractivity contribution is 5.37. The molecule has 2 aromatic rings. The quantitative estimate of drug-likeness (QED) is 0.913. The van der Waals surface area contributed by atoms with Crippen LogP contribution in [0.5, 0.6) is 5.75 Å². The first-order valence-electron chi connectivity index (χ1n) is 6.73. The summed E-state index contributed by atoms with van der Waals surface area (Å²) in [7, 11) is 1.83. The molecule has 2 rings (SSSR count). The highest BCUT2D eigenvalue weighted by Crippen LogP contribution is 2.23. The minimum absolute atomic E-state index is 0.0767. The van der Waals surface area contributed by atoms with E-state index in [-0.39, 0.29) is 18.4 Å². The summed E-state index contributed by atoms with van der Waals surface area (Å²) in [4.78, 5) is 0. The van der Waals surface area contributed by atoms with Crippen LogP contribution in [0.15, 0.2) is 42.5 Å². The largest absolute Gasteiger partial charge is 0.486 e. The van der Waals surface area contributed by atoms with Gasteiger partial charge in [0.15, 0.2) is 11.6 Å². The first kappa shape index (κ1) is 15.0. The second-order valence-electron chi connectivity index (χ2n) is 4.76. The van der Waals surface area contributed by atoms with Crippen LogP contribution in [0, 0.1) is 17.1 Å². The van der Waals surface area contributed by atoms with Crippen LogP contribution < -0.4 is 10.1 Å². The van der Waals surface area contributed by atoms with Crippen molar-refractivity contribution in [3.05, 3.63) is 65.0 Å². The number of nitrogens with one attached hydrogen (secondary N) is 1. The molecule has 0 saturated heterocycles. The number of benzene rings is 2. The third-order valence-corrected chi connectivity index (χ3v) is 3.41. The Labute approximate surface area is 124 Å². The lowest BCUT2D eigenvalue weighted by atomic mass is 10.1. The van der Waals surface area contributed by atoms with E-state index in [4.69, 9.17) is 10.00 Å². The number of nitrogens with zero attached hydrogens (tertiary/aromatic N) is 1. The van der Waals surface area contributed by atoms with Gasteiger partial charge in [0.25, 0.3) is 0 Å². The lowest BCUT2D eigenvalue weighted by Gasteiger charge is -2.13. The average Bonchev–Trinajstić information content (AvgIpc) is 2.53. The summed E-state index contributed by atoms with van der Waals surface area (Å²) in [6.45, 7) is 2.13. The predicted octanol–water partition coefficient (Wildman–Crippen LogP) is 3.56. The molecule has 0 radical (unpaired) electrons. The monoisotopic (exact) mass is 284 g/mol. The van der Waals surface area contributed by atoms with Crippen molar-refractivity contribution >= 4 is 0 Å². The maximum Gasteiger partial charge on any atom is 0.165 e. The summed E-state index contributed by atoms with van der Waals surface area (Å²) >= 11 is 0. The molecule has 4 heteroatoms. The van der Waals surface area contributed by atoms with E-state index < -0.39 is 5.82 Å². The SMILES string of the molecule is CNC(C)c1ccc(OCc2ccccc2C#N)c(F)c1. The van der Waals surface area contributed by atoms with Gasteiger partial charge in [-0.05, 0) is 37.7 Å². The lowest BCUT2D eigenvalue weighted by molar-refractivity contribution is 0.289. The van der Waals surface area contributed by atoms with Crippen molar-refractivity contribution in [1.29, 1.82) is 5.26 Å². The van der Waals surface area contributed by atoms with Gasteiger partial charge in [-0.2, -0.15) is 5.26 Å². The van der Waals surface area contributed by atoms with Gasteiger partial charge in [-0.25, -0.2) is 4.39 Å². The Morgan fingerprint density at radius 3 is 2.71 bits per heavy atom. The summed E-state index contributed by atoms with van der Waals surface area (Å²) < 4.78 is 19.5. The minimum Gasteiger partial charge on any atom is -0.486 e. The molecule has 1 atom stereocenters. The fraction of sp³-hybridized carbons (Fsp3) is 0.235. The highest BCUT2D eigenvalue weighted by atomic mass is 19.1. The van der Waals surface area contributed by atoms with E-state index in [2.05, 4.69) is 11.4 Å². The molecule has 3 nitrogen and oxygen atoms in total. The molecule has 0 amide bonds. The number of ether oxygens (including phenoxy) is 1. The number of rotatable bonds is 5. The van der Waals surface area contributed by atoms with Crippen molar-refractivity contribution in [2.24, 2.45) is 0 Å². The Kier molecular flexibility index (Phi) is 4.91. The van der Waals surface area contributed by atoms with Crippen molar-refractivity contribution in [3.63, 3.8) is 0 Å². The first-order chi connectivity index (χ1) is 10.2. The number of halogens is 1. The Balaban J connectivity index is 2.12. The van der Waals surface area contributed by atoms with E-state index in [0.717, 1.165) is 11.1 Å². The van der Waals surface area contributed by atoms with Crippen LogP contribution in [0.25, 0.3) is 0 Å². The summed E-state index contributed by atoms with van der Waals surface area (Å²) in [6, 6.07) is 14.2. The summed E-state index contributed by atoms with van der Waals surface area (Å²) in [5.74, 6) is -0.209. The molecule has 0 bridgehead atoms. The molecule has 0 spiro atoms. The van der Waals surface area contributed by atoms with Gasteiger partial charge in [-0.3, -0.25) is 0 Å². The van der Waals surface area contributed by atoms with Crippen molar-refractivity contribution < 1.29 is 9.13 Å². The number of nitriles is 1. The van der Waals surface area contributed by atoms with Gasteiger partial charge in [0, 0.05) is 11.6 Å². The molecule has 0 aromatic heterocycles.